The minimum atomic E-state index is 0. The molecule has 0 spiro atoms. The van der Waals surface area contributed by atoms with Crippen LogP contribution >= 0.6 is 0 Å². The van der Waals surface area contributed by atoms with E-state index in [-0.39, 0.29) is 47.0 Å². The first-order valence-electron chi connectivity index (χ1n) is 3.56. The number of halogens is 1. The van der Waals surface area contributed by atoms with E-state index in [2.05, 4.69) is 20.8 Å². The summed E-state index contributed by atoms with van der Waals surface area (Å²) in [5.74, 6) is 0.876. The Morgan fingerprint density at radius 3 is 2.00 bits per heavy atom. The second-order valence-electron chi connectivity index (χ2n) is 2.74. The van der Waals surface area contributed by atoms with Crippen molar-refractivity contribution in [1.29, 1.82) is 0 Å². The van der Waals surface area contributed by atoms with E-state index in [4.69, 9.17) is 0 Å². The summed E-state index contributed by atoms with van der Waals surface area (Å²) in [6.45, 7) is 8.32. The van der Waals surface area contributed by atoms with E-state index in [1.54, 1.807) is 0 Å². The van der Waals surface area contributed by atoms with Crippen molar-refractivity contribution in [2.24, 2.45) is 5.92 Å². The molecule has 0 nitrogen and oxygen atoms in total. The predicted molar refractivity (Wildman–Crippen MR) is 44.4 cm³/mol. The molecule has 0 radical (unpaired) electrons. The van der Waals surface area contributed by atoms with Crippen molar-refractivity contribution in [3.05, 3.63) is 6.92 Å². The molecule has 0 aliphatic carbocycles. The summed E-state index contributed by atoms with van der Waals surface area (Å²) >= 11 is 0. The van der Waals surface area contributed by atoms with Gasteiger partial charge in [0.2, 0.25) is 0 Å². The molecule has 0 fully saturated rings. The topological polar surface area (TPSA) is 0 Å². The van der Waals surface area contributed by atoms with Crippen LogP contribution < -0.4 is 24.0 Å². The molecule has 0 aromatic carbocycles. The molecule has 0 aliphatic heterocycles. The standard InChI is InChI=1S/C8H17.HI.Mg/c1-4-5-6-7-8(2)3;;/h8H,1,4-7H2,2-3H3;1H;/q-1;;+2/p-1. The largest absolute Gasteiger partial charge is 2.00 e. The molecular weight excluding hydrogens is 247 g/mol. The molecule has 0 saturated heterocycles. The van der Waals surface area contributed by atoms with Gasteiger partial charge in [0.25, 0.3) is 0 Å². The van der Waals surface area contributed by atoms with E-state index in [1.165, 1.54) is 19.3 Å². The Labute approximate surface area is 98.7 Å². The summed E-state index contributed by atoms with van der Waals surface area (Å²) in [4.78, 5) is 0. The Morgan fingerprint density at radius 1 is 1.20 bits per heavy atom. The van der Waals surface area contributed by atoms with Crippen LogP contribution in [0.3, 0.4) is 0 Å². The average molecular weight is 264 g/mol. The molecule has 0 aromatic heterocycles. The summed E-state index contributed by atoms with van der Waals surface area (Å²) in [5.41, 5.74) is 0. The van der Waals surface area contributed by atoms with Gasteiger partial charge in [-0.1, -0.05) is 33.1 Å². The molecule has 0 unspecified atom stereocenters. The molecular formula is C8H17IMg. The van der Waals surface area contributed by atoms with E-state index in [0.29, 0.717) is 0 Å². The molecule has 0 atom stereocenters. The van der Waals surface area contributed by atoms with Gasteiger partial charge < -0.3 is 30.9 Å². The predicted octanol–water partition coefficient (Wildman–Crippen LogP) is -0.340. The first kappa shape index (κ1) is 17.5. The molecule has 58 valence electrons. The molecule has 0 bridgehead atoms. The molecule has 10 heavy (non-hydrogen) atoms. The third-order valence-corrected chi connectivity index (χ3v) is 1.28. The molecule has 2 heteroatoms. The summed E-state index contributed by atoms with van der Waals surface area (Å²) in [5, 5.41) is 0. The van der Waals surface area contributed by atoms with Gasteiger partial charge in [-0.3, -0.25) is 0 Å². The van der Waals surface area contributed by atoms with Crippen molar-refractivity contribution >= 4 is 23.1 Å². The maximum atomic E-state index is 3.78. The van der Waals surface area contributed by atoms with E-state index in [9.17, 15) is 0 Å². The fraction of sp³-hybridized carbons (Fsp3) is 0.875. The van der Waals surface area contributed by atoms with Crippen molar-refractivity contribution in [3.8, 4) is 0 Å². The second-order valence-corrected chi connectivity index (χ2v) is 2.74. The number of hydrogen-bond acceptors (Lipinski definition) is 0. The van der Waals surface area contributed by atoms with Crippen molar-refractivity contribution < 1.29 is 24.0 Å². The van der Waals surface area contributed by atoms with Crippen molar-refractivity contribution in [2.45, 2.75) is 39.5 Å². The van der Waals surface area contributed by atoms with Crippen LogP contribution in [0.15, 0.2) is 0 Å². The van der Waals surface area contributed by atoms with Crippen LogP contribution in [0.5, 0.6) is 0 Å². The Balaban J connectivity index is -0.000000245. The maximum Gasteiger partial charge on any atom is 2.00 e. The third kappa shape index (κ3) is 16.2. The Bertz CT molecular complexity index is 46.5. The smallest absolute Gasteiger partial charge is 1.00 e. The van der Waals surface area contributed by atoms with Crippen LogP contribution in [-0.4, -0.2) is 23.1 Å². The zero-order valence-corrected chi connectivity index (χ0v) is 10.8. The Hall–Kier alpha value is 1.50. The molecule has 0 heterocycles. The summed E-state index contributed by atoms with van der Waals surface area (Å²) in [7, 11) is 0. The fourth-order valence-electron chi connectivity index (χ4n) is 0.729. The first-order chi connectivity index (χ1) is 3.77. The van der Waals surface area contributed by atoms with Gasteiger partial charge in [0, 0.05) is 0 Å². The average Bonchev–Trinajstić information content (AvgIpc) is 1.66. The van der Waals surface area contributed by atoms with Gasteiger partial charge in [0.1, 0.15) is 0 Å². The molecule has 0 amide bonds. The summed E-state index contributed by atoms with van der Waals surface area (Å²) < 4.78 is 0. The maximum absolute atomic E-state index is 3.78. The SMILES string of the molecule is [CH2-]CCCCC(C)C.[I-].[Mg+2]. The Kier molecular flexibility index (Phi) is 23.0. The van der Waals surface area contributed by atoms with Crippen molar-refractivity contribution in [3.63, 3.8) is 0 Å². The van der Waals surface area contributed by atoms with E-state index < -0.39 is 0 Å². The number of unbranched alkanes of at least 4 members (excludes halogenated alkanes) is 2. The van der Waals surface area contributed by atoms with Gasteiger partial charge >= 0.3 is 23.1 Å². The van der Waals surface area contributed by atoms with Gasteiger partial charge in [0.15, 0.2) is 0 Å². The van der Waals surface area contributed by atoms with Gasteiger partial charge in [-0.05, 0) is 5.92 Å². The van der Waals surface area contributed by atoms with Gasteiger partial charge in [-0.15, -0.1) is 0 Å². The molecule has 0 saturated carbocycles. The monoisotopic (exact) mass is 264 g/mol. The zero-order chi connectivity index (χ0) is 6.41. The van der Waals surface area contributed by atoms with E-state index >= 15 is 0 Å². The molecule has 0 rings (SSSR count). The number of rotatable bonds is 4. The molecule has 0 aromatic rings. The van der Waals surface area contributed by atoms with Crippen molar-refractivity contribution in [1.82, 2.24) is 0 Å². The zero-order valence-electron chi connectivity index (χ0n) is 7.20. The first-order valence-corrected chi connectivity index (χ1v) is 3.56. The van der Waals surface area contributed by atoms with Gasteiger partial charge in [-0.2, -0.15) is 6.42 Å². The van der Waals surface area contributed by atoms with Gasteiger partial charge in [0.05, 0.1) is 0 Å². The number of hydrogen-bond donors (Lipinski definition) is 0. The van der Waals surface area contributed by atoms with E-state index in [1.807, 2.05) is 0 Å². The summed E-state index contributed by atoms with van der Waals surface area (Å²) in [6, 6.07) is 0. The fourth-order valence-corrected chi connectivity index (χ4v) is 0.729. The summed E-state index contributed by atoms with van der Waals surface area (Å²) in [6.07, 6.45) is 5.14. The van der Waals surface area contributed by atoms with Crippen LogP contribution in [-0.2, 0) is 0 Å². The minimum Gasteiger partial charge on any atom is -1.00 e. The van der Waals surface area contributed by atoms with Crippen LogP contribution in [0.4, 0.5) is 0 Å². The Morgan fingerprint density at radius 2 is 1.70 bits per heavy atom. The van der Waals surface area contributed by atoms with Crippen molar-refractivity contribution in [2.75, 3.05) is 0 Å². The van der Waals surface area contributed by atoms with Crippen LogP contribution in [0.1, 0.15) is 39.5 Å². The third-order valence-electron chi connectivity index (χ3n) is 1.28. The van der Waals surface area contributed by atoms with E-state index in [0.717, 1.165) is 12.3 Å². The molecule has 0 aliphatic rings. The van der Waals surface area contributed by atoms with Gasteiger partial charge in [-0.25, -0.2) is 0 Å². The normalized spacial score (nSPS) is 8.40. The van der Waals surface area contributed by atoms with Crippen LogP contribution in [0.2, 0.25) is 0 Å². The quantitative estimate of drug-likeness (QED) is 0.282. The molecule has 0 N–H and O–H groups in total. The minimum absolute atomic E-state index is 0. The van der Waals surface area contributed by atoms with Crippen LogP contribution in [0, 0.1) is 12.8 Å². The van der Waals surface area contributed by atoms with Crippen LogP contribution in [0.25, 0.3) is 0 Å². The second kappa shape index (κ2) is 13.1.